The van der Waals surface area contributed by atoms with Gasteiger partial charge in [-0.05, 0) is 42.7 Å². The van der Waals surface area contributed by atoms with Crippen molar-refractivity contribution < 1.29 is 0 Å². The van der Waals surface area contributed by atoms with Crippen LogP contribution in [0.25, 0.3) is 10.9 Å². The minimum absolute atomic E-state index is 0.747. The highest BCUT2D eigenvalue weighted by atomic mass is 32.2. The molecule has 0 saturated carbocycles. The second-order valence-corrected chi connectivity index (χ2v) is 5.28. The van der Waals surface area contributed by atoms with Gasteiger partial charge in [-0.3, -0.25) is 4.98 Å². The Labute approximate surface area is 122 Å². The summed E-state index contributed by atoms with van der Waals surface area (Å²) in [5.74, 6) is 0. The van der Waals surface area contributed by atoms with E-state index in [9.17, 15) is 0 Å². The van der Waals surface area contributed by atoms with E-state index in [1.165, 1.54) is 4.90 Å². The molecular weight excluding hydrogens is 266 g/mol. The van der Waals surface area contributed by atoms with Gasteiger partial charge in [0, 0.05) is 22.2 Å². The molecule has 0 amide bonds. The van der Waals surface area contributed by atoms with E-state index in [0.717, 1.165) is 28.0 Å². The number of thioether (sulfide) groups is 1. The third kappa shape index (κ3) is 2.30. The molecule has 0 aliphatic carbocycles. The number of fused-ring (bicyclic) bond motifs is 1. The fourth-order valence-corrected chi connectivity index (χ4v) is 2.74. The normalized spacial score (nSPS) is 10.7. The van der Waals surface area contributed by atoms with Crippen LogP contribution in [-0.2, 0) is 0 Å². The summed E-state index contributed by atoms with van der Waals surface area (Å²) in [6.07, 6.45) is 3.85. The van der Waals surface area contributed by atoms with Crippen LogP contribution in [0, 0.1) is 0 Å². The van der Waals surface area contributed by atoms with Crippen LogP contribution < -0.4 is 11.1 Å². The van der Waals surface area contributed by atoms with Gasteiger partial charge in [0.2, 0.25) is 0 Å². The van der Waals surface area contributed by atoms with Crippen molar-refractivity contribution in [1.82, 2.24) is 4.98 Å². The Morgan fingerprint density at radius 1 is 1.00 bits per heavy atom. The number of pyridine rings is 1. The molecule has 4 heteroatoms. The highest BCUT2D eigenvalue weighted by Crippen LogP contribution is 2.32. The molecule has 0 spiro atoms. The summed E-state index contributed by atoms with van der Waals surface area (Å²) in [4.78, 5) is 5.65. The van der Waals surface area contributed by atoms with Crippen LogP contribution in [0.15, 0.2) is 59.6 Å². The standard InChI is InChI=1S/C16H15N3S/c1-20-15-7-3-2-6-13(15)19-14-9-8-12(17)11-5-4-10-18-16(11)14/h2-10,19H,17H2,1H3. The van der Waals surface area contributed by atoms with Crippen molar-refractivity contribution in [3.05, 3.63) is 54.7 Å². The molecule has 0 bridgehead atoms. The number of nitrogens with zero attached hydrogens (tertiary/aromatic N) is 1. The maximum Gasteiger partial charge on any atom is 0.0957 e. The highest BCUT2D eigenvalue weighted by Gasteiger charge is 2.07. The molecule has 1 heterocycles. The van der Waals surface area contributed by atoms with Gasteiger partial charge < -0.3 is 11.1 Å². The topological polar surface area (TPSA) is 50.9 Å². The Balaban J connectivity index is 2.09. The first kappa shape index (κ1) is 12.8. The number of para-hydroxylation sites is 1. The second kappa shape index (κ2) is 5.43. The van der Waals surface area contributed by atoms with Gasteiger partial charge in [0.05, 0.1) is 16.9 Å². The molecule has 3 aromatic rings. The highest BCUT2D eigenvalue weighted by molar-refractivity contribution is 7.98. The van der Waals surface area contributed by atoms with Crippen molar-refractivity contribution in [2.45, 2.75) is 4.90 Å². The number of rotatable bonds is 3. The van der Waals surface area contributed by atoms with Crippen molar-refractivity contribution in [2.24, 2.45) is 0 Å². The van der Waals surface area contributed by atoms with Gasteiger partial charge in [0.25, 0.3) is 0 Å². The van der Waals surface area contributed by atoms with Gasteiger partial charge in [-0.2, -0.15) is 0 Å². The lowest BCUT2D eigenvalue weighted by atomic mass is 10.1. The van der Waals surface area contributed by atoms with Crippen molar-refractivity contribution in [3.8, 4) is 0 Å². The Morgan fingerprint density at radius 2 is 1.85 bits per heavy atom. The number of nitrogens with one attached hydrogen (secondary N) is 1. The number of nitrogens with two attached hydrogens (primary N) is 1. The lowest BCUT2D eigenvalue weighted by Gasteiger charge is -2.13. The molecule has 2 aromatic carbocycles. The molecule has 0 fully saturated rings. The lowest BCUT2D eigenvalue weighted by Crippen LogP contribution is -1.96. The minimum Gasteiger partial charge on any atom is -0.398 e. The van der Waals surface area contributed by atoms with Gasteiger partial charge in [0.15, 0.2) is 0 Å². The number of hydrogen-bond acceptors (Lipinski definition) is 4. The summed E-state index contributed by atoms with van der Waals surface area (Å²) < 4.78 is 0. The van der Waals surface area contributed by atoms with E-state index < -0.39 is 0 Å². The Kier molecular flexibility index (Phi) is 3.48. The third-order valence-electron chi connectivity index (χ3n) is 3.18. The zero-order chi connectivity index (χ0) is 13.9. The molecule has 1 aromatic heterocycles. The third-order valence-corrected chi connectivity index (χ3v) is 3.98. The Bertz CT molecular complexity index is 756. The molecule has 3 rings (SSSR count). The van der Waals surface area contributed by atoms with Crippen molar-refractivity contribution in [3.63, 3.8) is 0 Å². The van der Waals surface area contributed by atoms with Crippen LogP contribution in [0.3, 0.4) is 0 Å². The van der Waals surface area contributed by atoms with Gasteiger partial charge in [-0.25, -0.2) is 0 Å². The second-order valence-electron chi connectivity index (χ2n) is 4.43. The van der Waals surface area contributed by atoms with Gasteiger partial charge in [-0.1, -0.05) is 12.1 Å². The van der Waals surface area contributed by atoms with Crippen LogP contribution in [0.2, 0.25) is 0 Å². The monoisotopic (exact) mass is 281 g/mol. The van der Waals surface area contributed by atoms with Crippen LogP contribution in [0.4, 0.5) is 17.1 Å². The van der Waals surface area contributed by atoms with Crippen LogP contribution in [0.1, 0.15) is 0 Å². The summed E-state index contributed by atoms with van der Waals surface area (Å²) in [6.45, 7) is 0. The first-order valence-corrected chi connectivity index (χ1v) is 7.55. The summed E-state index contributed by atoms with van der Waals surface area (Å²) in [5.41, 5.74) is 9.69. The van der Waals surface area contributed by atoms with E-state index in [0.29, 0.717) is 0 Å². The maximum absolute atomic E-state index is 6.00. The summed E-state index contributed by atoms with van der Waals surface area (Å²) in [7, 11) is 0. The molecule has 0 aliphatic rings. The molecular formula is C16H15N3S. The van der Waals surface area contributed by atoms with E-state index in [-0.39, 0.29) is 0 Å². The van der Waals surface area contributed by atoms with Crippen molar-refractivity contribution >= 4 is 39.7 Å². The molecule has 0 unspecified atom stereocenters. The van der Waals surface area contributed by atoms with Gasteiger partial charge >= 0.3 is 0 Å². The van der Waals surface area contributed by atoms with Crippen LogP contribution in [0.5, 0.6) is 0 Å². The van der Waals surface area contributed by atoms with Crippen molar-refractivity contribution in [2.75, 3.05) is 17.3 Å². The van der Waals surface area contributed by atoms with E-state index in [2.05, 4.69) is 28.7 Å². The fourth-order valence-electron chi connectivity index (χ4n) is 2.19. The van der Waals surface area contributed by atoms with E-state index in [1.807, 2.05) is 36.4 Å². The number of aromatic nitrogens is 1. The molecule has 0 atom stereocenters. The number of hydrogen-bond donors (Lipinski definition) is 2. The molecule has 100 valence electrons. The fraction of sp³-hybridized carbons (Fsp3) is 0.0625. The number of nitrogen functional groups attached to an aromatic ring is 1. The molecule has 3 N–H and O–H groups in total. The predicted octanol–water partition coefficient (Wildman–Crippen LogP) is 4.28. The quantitative estimate of drug-likeness (QED) is 0.555. The smallest absolute Gasteiger partial charge is 0.0957 e. The van der Waals surface area contributed by atoms with E-state index in [4.69, 9.17) is 5.73 Å². The zero-order valence-electron chi connectivity index (χ0n) is 11.1. The summed E-state index contributed by atoms with van der Waals surface area (Å²) in [6, 6.07) is 16.0. The lowest BCUT2D eigenvalue weighted by molar-refractivity contribution is 1.38. The molecule has 0 saturated heterocycles. The van der Waals surface area contributed by atoms with Crippen molar-refractivity contribution in [1.29, 1.82) is 0 Å². The average Bonchev–Trinajstić information content (AvgIpc) is 2.51. The first-order valence-electron chi connectivity index (χ1n) is 6.33. The predicted molar refractivity (Wildman–Crippen MR) is 87.7 cm³/mol. The van der Waals surface area contributed by atoms with Gasteiger partial charge in [0.1, 0.15) is 0 Å². The van der Waals surface area contributed by atoms with Crippen LogP contribution in [-0.4, -0.2) is 11.2 Å². The SMILES string of the molecule is CSc1ccccc1Nc1ccc(N)c2cccnc12. The minimum atomic E-state index is 0.747. The Hall–Kier alpha value is -2.20. The largest absolute Gasteiger partial charge is 0.398 e. The average molecular weight is 281 g/mol. The van der Waals surface area contributed by atoms with E-state index in [1.54, 1.807) is 18.0 Å². The number of anilines is 3. The molecule has 0 radical (unpaired) electrons. The van der Waals surface area contributed by atoms with Gasteiger partial charge in [-0.15, -0.1) is 11.8 Å². The summed E-state index contributed by atoms with van der Waals surface area (Å²) >= 11 is 1.72. The Morgan fingerprint density at radius 3 is 2.70 bits per heavy atom. The molecule has 20 heavy (non-hydrogen) atoms. The zero-order valence-corrected chi connectivity index (χ0v) is 11.9. The maximum atomic E-state index is 6.00. The number of benzene rings is 2. The molecule has 0 aliphatic heterocycles. The summed E-state index contributed by atoms with van der Waals surface area (Å²) in [5, 5.41) is 4.43. The van der Waals surface area contributed by atoms with E-state index >= 15 is 0 Å². The first-order chi connectivity index (χ1) is 9.79. The molecule has 3 nitrogen and oxygen atoms in total. The van der Waals surface area contributed by atoms with Crippen LogP contribution >= 0.6 is 11.8 Å².